The summed E-state index contributed by atoms with van der Waals surface area (Å²) in [6.07, 6.45) is 1.80. The Morgan fingerprint density at radius 2 is 1.68 bits per heavy atom. The van der Waals surface area contributed by atoms with E-state index in [9.17, 15) is 9.59 Å². The number of thioether (sulfide) groups is 1. The van der Waals surface area contributed by atoms with Crippen molar-refractivity contribution in [3.63, 3.8) is 0 Å². The number of aliphatic imine (C=N–C) groups is 1. The number of fused-ring (bicyclic) bond motifs is 1. The highest BCUT2D eigenvalue weighted by Gasteiger charge is 2.39. The van der Waals surface area contributed by atoms with Gasteiger partial charge in [-0.15, -0.1) is 0 Å². The molecule has 25 heavy (non-hydrogen) atoms. The number of hydrogen-bond donors (Lipinski definition) is 0. The standard InChI is InChI=1S/C17H13Cl2N3O2S/c1-21(17(25-2)20-14-8-7-10(18)9-13(14)19)22-15(23)11-5-3-4-6-12(11)16(22)24/h3-9H,1-2H3. The Hall–Kier alpha value is -2.02. The second-order valence-corrected chi connectivity index (χ2v) is 6.80. The number of nitrogens with zero attached hydrogens (tertiary/aromatic N) is 3. The fourth-order valence-corrected chi connectivity index (χ4v) is 3.45. The van der Waals surface area contributed by atoms with Gasteiger partial charge in [0.2, 0.25) is 0 Å². The zero-order valence-corrected chi connectivity index (χ0v) is 15.7. The molecule has 0 bridgehead atoms. The van der Waals surface area contributed by atoms with Crippen LogP contribution >= 0.6 is 35.0 Å². The molecule has 0 radical (unpaired) electrons. The van der Waals surface area contributed by atoms with Crippen molar-refractivity contribution in [1.29, 1.82) is 0 Å². The molecule has 2 aromatic rings. The van der Waals surface area contributed by atoms with E-state index in [4.69, 9.17) is 23.2 Å². The first-order valence-electron chi connectivity index (χ1n) is 7.23. The topological polar surface area (TPSA) is 53.0 Å². The van der Waals surface area contributed by atoms with Crippen molar-refractivity contribution in [3.8, 4) is 0 Å². The average Bonchev–Trinajstić information content (AvgIpc) is 2.85. The van der Waals surface area contributed by atoms with Gasteiger partial charge in [-0.05, 0) is 36.6 Å². The van der Waals surface area contributed by atoms with Gasteiger partial charge in [0.1, 0.15) is 0 Å². The normalized spacial score (nSPS) is 14.1. The Balaban J connectivity index is 1.96. The van der Waals surface area contributed by atoms with Gasteiger partial charge >= 0.3 is 0 Å². The van der Waals surface area contributed by atoms with Crippen molar-refractivity contribution in [1.82, 2.24) is 10.0 Å². The van der Waals surface area contributed by atoms with E-state index >= 15 is 0 Å². The predicted molar refractivity (Wildman–Crippen MR) is 102 cm³/mol. The predicted octanol–water partition coefficient (Wildman–Crippen LogP) is 4.49. The molecule has 1 heterocycles. The van der Waals surface area contributed by atoms with E-state index in [1.165, 1.54) is 16.8 Å². The van der Waals surface area contributed by atoms with E-state index in [-0.39, 0.29) is 11.8 Å². The third-order valence-corrected chi connectivity index (χ3v) is 4.92. The molecule has 0 aromatic heterocycles. The number of carbonyl (C=O) groups is 2. The van der Waals surface area contributed by atoms with E-state index in [1.54, 1.807) is 55.8 Å². The van der Waals surface area contributed by atoms with Crippen LogP contribution in [0.2, 0.25) is 10.0 Å². The molecular formula is C17H13Cl2N3O2S. The molecule has 0 saturated carbocycles. The Morgan fingerprint density at radius 1 is 1.08 bits per heavy atom. The quantitative estimate of drug-likeness (QED) is 0.428. The number of amidine groups is 1. The second kappa shape index (κ2) is 7.07. The molecule has 0 aliphatic carbocycles. The van der Waals surface area contributed by atoms with Crippen LogP contribution in [0.1, 0.15) is 20.7 Å². The molecule has 8 heteroatoms. The lowest BCUT2D eigenvalue weighted by Crippen LogP contribution is -2.46. The number of imide groups is 1. The molecule has 0 unspecified atom stereocenters. The molecule has 2 amide bonds. The van der Waals surface area contributed by atoms with Crippen LogP contribution in [-0.2, 0) is 0 Å². The molecule has 5 nitrogen and oxygen atoms in total. The first-order chi connectivity index (χ1) is 11.9. The molecular weight excluding hydrogens is 381 g/mol. The number of halogens is 2. The lowest BCUT2D eigenvalue weighted by Gasteiger charge is -2.27. The molecule has 0 atom stereocenters. The van der Waals surface area contributed by atoms with Crippen molar-refractivity contribution in [2.45, 2.75) is 0 Å². The van der Waals surface area contributed by atoms with Crippen molar-refractivity contribution in [3.05, 3.63) is 63.6 Å². The maximum atomic E-state index is 12.6. The van der Waals surface area contributed by atoms with Crippen molar-refractivity contribution >= 4 is 57.6 Å². The molecule has 0 N–H and O–H groups in total. The van der Waals surface area contributed by atoms with E-state index in [1.807, 2.05) is 0 Å². The van der Waals surface area contributed by atoms with Crippen LogP contribution < -0.4 is 0 Å². The number of benzene rings is 2. The van der Waals surface area contributed by atoms with E-state index in [0.29, 0.717) is 32.0 Å². The molecule has 0 spiro atoms. The maximum Gasteiger partial charge on any atom is 0.280 e. The first kappa shape index (κ1) is 17.8. The molecule has 1 aliphatic heterocycles. The molecule has 3 rings (SSSR count). The summed E-state index contributed by atoms with van der Waals surface area (Å²) in [6.45, 7) is 0. The molecule has 0 saturated heterocycles. The zero-order chi connectivity index (χ0) is 18.1. The van der Waals surface area contributed by atoms with Gasteiger partial charge in [0, 0.05) is 12.1 Å². The fraction of sp³-hybridized carbons (Fsp3) is 0.118. The summed E-state index contributed by atoms with van der Waals surface area (Å²) in [6, 6.07) is 11.7. The van der Waals surface area contributed by atoms with Gasteiger partial charge in [-0.3, -0.25) is 14.6 Å². The Bertz CT molecular complexity index is 866. The van der Waals surface area contributed by atoms with E-state index in [2.05, 4.69) is 4.99 Å². The highest BCUT2D eigenvalue weighted by atomic mass is 35.5. The van der Waals surface area contributed by atoms with Gasteiger partial charge in [-0.1, -0.05) is 47.1 Å². The smallest absolute Gasteiger partial charge is 0.267 e. The number of carbonyl (C=O) groups excluding carboxylic acids is 2. The minimum Gasteiger partial charge on any atom is -0.267 e. The number of hydrazine groups is 1. The van der Waals surface area contributed by atoms with Gasteiger partial charge in [0.15, 0.2) is 5.17 Å². The van der Waals surface area contributed by atoms with E-state index < -0.39 is 0 Å². The third-order valence-electron chi connectivity index (χ3n) is 3.66. The molecule has 2 aromatic carbocycles. The number of rotatable bonds is 2. The second-order valence-electron chi connectivity index (χ2n) is 5.19. The number of hydrogen-bond acceptors (Lipinski definition) is 4. The lowest BCUT2D eigenvalue weighted by molar-refractivity contribution is 0.0369. The average molecular weight is 394 g/mol. The Labute approximate surface area is 159 Å². The lowest BCUT2D eigenvalue weighted by atomic mass is 10.1. The summed E-state index contributed by atoms with van der Waals surface area (Å²) < 4.78 is 0. The van der Waals surface area contributed by atoms with Gasteiger partial charge in [0.05, 0.1) is 21.8 Å². The van der Waals surface area contributed by atoms with Crippen LogP contribution in [-0.4, -0.2) is 40.3 Å². The third kappa shape index (κ3) is 3.25. The van der Waals surface area contributed by atoms with Crippen LogP contribution in [0.3, 0.4) is 0 Å². The van der Waals surface area contributed by atoms with Crippen LogP contribution in [0.4, 0.5) is 5.69 Å². The van der Waals surface area contributed by atoms with Crippen molar-refractivity contribution < 1.29 is 9.59 Å². The van der Waals surface area contributed by atoms with E-state index in [0.717, 1.165) is 5.01 Å². The Morgan fingerprint density at radius 3 is 2.20 bits per heavy atom. The van der Waals surface area contributed by atoms with Crippen molar-refractivity contribution in [2.75, 3.05) is 13.3 Å². The zero-order valence-electron chi connectivity index (χ0n) is 13.4. The van der Waals surface area contributed by atoms with Crippen LogP contribution in [0, 0.1) is 0 Å². The maximum absolute atomic E-state index is 12.6. The fourth-order valence-electron chi connectivity index (χ4n) is 2.46. The SMILES string of the molecule is CSC(=Nc1ccc(Cl)cc1Cl)N(C)N1C(=O)c2ccccc2C1=O. The van der Waals surface area contributed by atoms with Crippen LogP contribution in [0.25, 0.3) is 0 Å². The summed E-state index contributed by atoms with van der Waals surface area (Å²) in [5.74, 6) is -0.765. The van der Waals surface area contributed by atoms with Gasteiger partial charge in [-0.2, -0.15) is 5.01 Å². The number of amides is 2. The van der Waals surface area contributed by atoms with Gasteiger partial charge in [0.25, 0.3) is 11.8 Å². The highest BCUT2D eigenvalue weighted by molar-refractivity contribution is 8.13. The summed E-state index contributed by atoms with van der Waals surface area (Å²) in [5.41, 5.74) is 1.26. The summed E-state index contributed by atoms with van der Waals surface area (Å²) in [4.78, 5) is 29.6. The monoisotopic (exact) mass is 393 g/mol. The summed E-state index contributed by atoms with van der Waals surface area (Å²) in [7, 11) is 1.61. The Kier molecular flexibility index (Phi) is 5.03. The first-order valence-corrected chi connectivity index (χ1v) is 9.21. The van der Waals surface area contributed by atoms with Gasteiger partial charge < -0.3 is 0 Å². The molecule has 0 fully saturated rings. The van der Waals surface area contributed by atoms with Crippen molar-refractivity contribution in [2.24, 2.45) is 4.99 Å². The summed E-state index contributed by atoms with van der Waals surface area (Å²) in [5, 5.41) is 3.83. The summed E-state index contributed by atoms with van der Waals surface area (Å²) >= 11 is 13.3. The van der Waals surface area contributed by atoms with Crippen LogP contribution in [0.5, 0.6) is 0 Å². The van der Waals surface area contributed by atoms with Crippen LogP contribution in [0.15, 0.2) is 47.5 Å². The minimum absolute atomic E-state index is 0.379. The molecule has 1 aliphatic rings. The van der Waals surface area contributed by atoms with Gasteiger partial charge in [-0.25, -0.2) is 4.99 Å². The highest BCUT2D eigenvalue weighted by Crippen LogP contribution is 2.30. The molecule has 128 valence electrons. The minimum atomic E-state index is -0.382. The largest absolute Gasteiger partial charge is 0.280 e.